The number of aliphatic imine (C=N–C) groups is 1. The summed E-state index contributed by atoms with van der Waals surface area (Å²) in [6.07, 6.45) is 1.94. The van der Waals surface area contributed by atoms with Crippen LogP contribution in [0.25, 0.3) is 5.57 Å². The molecule has 0 N–H and O–H groups in total. The van der Waals surface area contributed by atoms with Crippen molar-refractivity contribution in [2.75, 3.05) is 0 Å². The summed E-state index contributed by atoms with van der Waals surface area (Å²) in [7, 11) is 0. The summed E-state index contributed by atoms with van der Waals surface area (Å²) in [5.74, 6) is 0. The van der Waals surface area contributed by atoms with Gasteiger partial charge in [0.1, 0.15) is 0 Å². The maximum Gasteiger partial charge on any atom is 0.0302 e. The zero-order valence-corrected chi connectivity index (χ0v) is 10.3. The summed E-state index contributed by atoms with van der Waals surface area (Å²) in [5.41, 5.74) is 6.19. The Kier molecular flexibility index (Phi) is 3.84. The Balaban J connectivity index is 3.10. The van der Waals surface area contributed by atoms with E-state index in [-0.39, 0.29) is 0 Å². The lowest BCUT2D eigenvalue weighted by atomic mass is 10.0. The molecule has 0 aromatic heterocycles. The molecule has 1 nitrogen and oxygen atoms in total. The Bertz CT molecular complexity index is 407. The third kappa shape index (κ3) is 3.35. The smallest absolute Gasteiger partial charge is 0.0302 e. The van der Waals surface area contributed by atoms with Crippen LogP contribution in [0.3, 0.4) is 0 Å². The second kappa shape index (κ2) is 4.92. The van der Waals surface area contributed by atoms with E-state index in [4.69, 9.17) is 0 Å². The number of aryl methyl sites for hydroxylation is 2. The van der Waals surface area contributed by atoms with Gasteiger partial charge >= 0.3 is 0 Å². The Morgan fingerprint density at radius 2 is 1.80 bits per heavy atom. The number of nitrogens with zero attached hydrogens (tertiary/aromatic N) is 1. The minimum absolute atomic E-state index is 1.08. The van der Waals surface area contributed by atoms with Crippen LogP contribution in [0.15, 0.2) is 29.4 Å². The Morgan fingerprint density at radius 1 is 1.13 bits per heavy atom. The molecular weight excluding hydrogens is 182 g/mol. The first-order valence-corrected chi connectivity index (χ1v) is 5.26. The van der Waals surface area contributed by atoms with Crippen LogP contribution in [0.1, 0.15) is 37.5 Å². The highest BCUT2D eigenvalue weighted by molar-refractivity contribution is 5.81. The van der Waals surface area contributed by atoms with Crippen molar-refractivity contribution in [2.24, 2.45) is 4.99 Å². The van der Waals surface area contributed by atoms with Crippen molar-refractivity contribution in [3.8, 4) is 0 Å². The van der Waals surface area contributed by atoms with Crippen molar-refractivity contribution in [1.29, 1.82) is 0 Å². The standard InChI is InChI=1S/C14H19N/c1-10(2)15-9-13(5)14-8-11(3)6-7-12(14)4/h6-9H,1-5H3/b13-9+. The molecule has 0 radical (unpaired) electrons. The van der Waals surface area contributed by atoms with E-state index >= 15 is 0 Å². The maximum atomic E-state index is 4.33. The molecule has 0 aliphatic carbocycles. The first kappa shape index (κ1) is 11.7. The average Bonchev–Trinajstić information content (AvgIpc) is 2.18. The number of rotatable bonds is 2. The number of hydrogen-bond donors (Lipinski definition) is 0. The lowest BCUT2D eigenvalue weighted by Crippen LogP contribution is -1.87. The highest BCUT2D eigenvalue weighted by Crippen LogP contribution is 2.19. The summed E-state index contributed by atoms with van der Waals surface area (Å²) < 4.78 is 0. The first-order valence-electron chi connectivity index (χ1n) is 5.26. The van der Waals surface area contributed by atoms with Crippen molar-refractivity contribution < 1.29 is 0 Å². The normalized spacial score (nSPS) is 11.4. The third-order valence-electron chi connectivity index (χ3n) is 2.33. The zero-order chi connectivity index (χ0) is 11.4. The van der Waals surface area contributed by atoms with Crippen molar-refractivity contribution in [3.05, 3.63) is 41.1 Å². The van der Waals surface area contributed by atoms with Crippen LogP contribution in [-0.4, -0.2) is 5.71 Å². The topological polar surface area (TPSA) is 12.4 Å². The van der Waals surface area contributed by atoms with Crippen molar-refractivity contribution >= 4 is 11.3 Å². The number of allylic oxidation sites excluding steroid dienone is 1. The molecule has 1 aromatic rings. The molecule has 80 valence electrons. The van der Waals surface area contributed by atoms with Gasteiger partial charge in [0.25, 0.3) is 0 Å². The molecule has 0 fully saturated rings. The zero-order valence-electron chi connectivity index (χ0n) is 10.3. The molecule has 0 heterocycles. The SMILES string of the molecule is CC(C)=N/C=C(\C)c1cc(C)ccc1C. The van der Waals surface area contributed by atoms with Gasteiger partial charge in [0.05, 0.1) is 0 Å². The number of benzene rings is 1. The van der Waals surface area contributed by atoms with Crippen molar-refractivity contribution in [2.45, 2.75) is 34.6 Å². The van der Waals surface area contributed by atoms with Crippen molar-refractivity contribution in [3.63, 3.8) is 0 Å². The molecule has 0 saturated carbocycles. The van der Waals surface area contributed by atoms with E-state index in [0.717, 1.165) is 5.71 Å². The van der Waals surface area contributed by atoms with Crippen LogP contribution >= 0.6 is 0 Å². The van der Waals surface area contributed by atoms with Crippen molar-refractivity contribution in [1.82, 2.24) is 0 Å². The second-order valence-corrected chi connectivity index (χ2v) is 4.21. The molecule has 0 bridgehead atoms. The van der Waals surface area contributed by atoms with E-state index in [1.165, 1.54) is 22.3 Å². The molecule has 0 aliphatic rings. The van der Waals surface area contributed by atoms with Gasteiger partial charge in [0, 0.05) is 11.9 Å². The van der Waals surface area contributed by atoms with Gasteiger partial charge in [-0.25, -0.2) is 0 Å². The fourth-order valence-corrected chi connectivity index (χ4v) is 1.46. The largest absolute Gasteiger partial charge is 0.266 e. The van der Waals surface area contributed by atoms with Gasteiger partial charge in [-0.15, -0.1) is 0 Å². The molecule has 0 spiro atoms. The van der Waals surface area contributed by atoms with Gasteiger partial charge in [-0.1, -0.05) is 23.8 Å². The molecule has 1 heteroatoms. The molecule has 0 atom stereocenters. The van der Waals surface area contributed by atoms with Crippen LogP contribution in [0.2, 0.25) is 0 Å². The second-order valence-electron chi connectivity index (χ2n) is 4.21. The van der Waals surface area contributed by atoms with Gasteiger partial charge in [-0.3, -0.25) is 4.99 Å². The van der Waals surface area contributed by atoms with Gasteiger partial charge < -0.3 is 0 Å². The highest BCUT2D eigenvalue weighted by Gasteiger charge is 2.00. The van der Waals surface area contributed by atoms with Gasteiger partial charge in [-0.05, 0) is 51.3 Å². The third-order valence-corrected chi connectivity index (χ3v) is 2.33. The summed E-state index contributed by atoms with van der Waals surface area (Å²) >= 11 is 0. The van der Waals surface area contributed by atoms with Gasteiger partial charge in [0.2, 0.25) is 0 Å². The first-order chi connectivity index (χ1) is 7.00. The molecule has 1 rings (SSSR count). The molecule has 1 aromatic carbocycles. The molecule has 0 saturated heterocycles. The summed E-state index contributed by atoms with van der Waals surface area (Å²) in [6, 6.07) is 6.51. The van der Waals surface area contributed by atoms with Crippen LogP contribution in [0.4, 0.5) is 0 Å². The fourth-order valence-electron chi connectivity index (χ4n) is 1.46. The van der Waals surface area contributed by atoms with E-state index in [0.29, 0.717) is 0 Å². The van der Waals surface area contributed by atoms with E-state index < -0.39 is 0 Å². The Morgan fingerprint density at radius 3 is 2.40 bits per heavy atom. The number of hydrogen-bond acceptors (Lipinski definition) is 1. The van der Waals surface area contributed by atoms with Gasteiger partial charge in [-0.2, -0.15) is 0 Å². The van der Waals surface area contributed by atoms with Crippen LogP contribution in [0.5, 0.6) is 0 Å². The van der Waals surface area contributed by atoms with E-state index in [9.17, 15) is 0 Å². The fraction of sp³-hybridized carbons (Fsp3) is 0.357. The average molecular weight is 201 g/mol. The van der Waals surface area contributed by atoms with Crippen LogP contribution < -0.4 is 0 Å². The van der Waals surface area contributed by atoms with E-state index in [2.05, 4.69) is 44.0 Å². The monoisotopic (exact) mass is 201 g/mol. The molecule has 15 heavy (non-hydrogen) atoms. The molecule has 0 unspecified atom stereocenters. The van der Waals surface area contributed by atoms with Gasteiger partial charge in [0.15, 0.2) is 0 Å². The lowest BCUT2D eigenvalue weighted by Gasteiger charge is -2.06. The minimum atomic E-state index is 1.08. The Labute approximate surface area is 92.6 Å². The predicted molar refractivity (Wildman–Crippen MR) is 68.4 cm³/mol. The summed E-state index contributed by atoms with van der Waals surface area (Å²) in [6.45, 7) is 10.4. The summed E-state index contributed by atoms with van der Waals surface area (Å²) in [5, 5.41) is 0. The minimum Gasteiger partial charge on any atom is -0.266 e. The predicted octanol–water partition coefficient (Wildman–Crippen LogP) is 4.15. The lowest BCUT2D eigenvalue weighted by molar-refractivity contribution is 1.34. The van der Waals surface area contributed by atoms with Crippen LogP contribution in [-0.2, 0) is 0 Å². The highest BCUT2D eigenvalue weighted by atomic mass is 14.7. The molecule has 0 aliphatic heterocycles. The maximum absolute atomic E-state index is 4.33. The quantitative estimate of drug-likeness (QED) is 0.637. The molecule has 0 amide bonds. The van der Waals surface area contributed by atoms with E-state index in [1.807, 2.05) is 20.0 Å². The Hall–Kier alpha value is -1.37. The van der Waals surface area contributed by atoms with Crippen LogP contribution in [0, 0.1) is 13.8 Å². The summed E-state index contributed by atoms with van der Waals surface area (Å²) in [4.78, 5) is 4.33. The molecular formula is C14H19N. The van der Waals surface area contributed by atoms with E-state index in [1.54, 1.807) is 0 Å².